The van der Waals surface area contributed by atoms with Crippen LogP contribution < -0.4 is 5.32 Å². The van der Waals surface area contributed by atoms with Gasteiger partial charge < -0.3 is 5.32 Å². The van der Waals surface area contributed by atoms with Crippen molar-refractivity contribution in [1.82, 2.24) is 5.32 Å². The fourth-order valence-corrected chi connectivity index (χ4v) is 1.79. The standard InChI is InChI=1S/C13H18F3N/c1-3-4-5-12(17-2)10-6-8-11(9-7-10)13(14,15)16/h6-9,12,17H,3-5H2,1-2H3. The normalized spacial score (nSPS) is 13.7. The highest BCUT2D eigenvalue weighted by molar-refractivity contribution is 5.26. The van der Waals surface area contributed by atoms with Gasteiger partial charge in [-0.3, -0.25) is 0 Å². The van der Waals surface area contributed by atoms with Crippen molar-refractivity contribution in [2.45, 2.75) is 38.4 Å². The summed E-state index contributed by atoms with van der Waals surface area (Å²) in [5.74, 6) is 0. The maximum Gasteiger partial charge on any atom is 0.416 e. The summed E-state index contributed by atoms with van der Waals surface area (Å²) in [4.78, 5) is 0. The molecule has 0 amide bonds. The van der Waals surface area contributed by atoms with Gasteiger partial charge in [0.25, 0.3) is 0 Å². The van der Waals surface area contributed by atoms with Crippen LogP contribution in [-0.2, 0) is 6.18 Å². The first kappa shape index (κ1) is 14.0. The van der Waals surface area contributed by atoms with E-state index in [4.69, 9.17) is 0 Å². The summed E-state index contributed by atoms with van der Waals surface area (Å²) >= 11 is 0. The van der Waals surface area contributed by atoms with Gasteiger partial charge in [0.1, 0.15) is 0 Å². The van der Waals surface area contributed by atoms with Crippen LogP contribution in [0.2, 0.25) is 0 Å². The molecule has 1 unspecified atom stereocenters. The van der Waals surface area contributed by atoms with Gasteiger partial charge in [-0.1, -0.05) is 31.9 Å². The van der Waals surface area contributed by atoms with E-state index in [1.54, 1.807) is 12.1 Å². The molecule has 1 nitrogen and oxygen atoms in total. The van der Waals surface area contributed by atoms with E-state index in [-0.39, 0.29) is 6.04 Å². The minimum absolute atomic E-state index is 0.136. The van der Waals surface area contributed by atoms with Crippen LogP contribution >= 0.6 is 0 Å². The van der Waals surface area contributed by atoms with E-state index >= 15 is 0 Å². The molecular weight excluding hydrogens is 227 g/mol. The second kappa shape index (κ2) is 6.05. The maximum atomic E-state index is 12.4. The van der Waals surface area contributed by atoms with Crippen LogP contribution in [-0.4, -0.2) is 7.05 Å². The second-order valence-electron chi connectivity index (χ2n) is 4.10. The quantitative estimate of drug-likeness (QED) is 0.821. The molecule has 0 bridgehead atoms. The van der Waals surface area contributed by atoms with Gasteiger partial charge in [0.15, 0.2) is 0 Å². The van der Waals surface area contributed by atoms with Crippen molar-refractivity contribution >= 4 is 0 Å². The molecule has 1 aromatic carbocycles. The molecule has 0 aliphatic heterocycles. The summed E-state index contributed by atoms with van der Waals surface area (Å²) in [6.45, 7) is 2.10. The van der Waals surface area contributed by atoms with Crippen molar-refractivity contribution in [3.8, 4) is 0 Å². The molecule has 1 N–H and O–H groups in total. The molecule has 4 heteroatoms. The number of unbranched alkanes of at least 4 members (excludes halogenated alkanes) is 1. The summed E-state index contributed by atoms with van der Waals surface area (Å²) in [5, 5.41) is 3.13. The molecule has 96 valence electrons. The predicted molar refractivity (Wildman–Crippen MR) is 62.8 cm³/mol. The van der Waals surface area contributed by atoms with E-state index in [1.165, 1.54) is 0 Å². The fraction of sp³-hybridized carbons (Fsp3) is 0.538. The van der Waals surface area contributed by atoms with Gasteiger partial charge in [0.05, 0.1) is 5.56 Å². The van der Waals surface area contributed by atoms with Gasteiger partial charge in [-0.05, 0) is 31.2 Å². The first-order valence-corrected chi connectivity index (χ1v) is 5.83. The molecule has 0 radical (unpaired) electrons. The average molecular weight is 245 g/mol. The fourth-order valence-electron chi connectivity index (χ4n) is 1.79. The van der Waals surface area contributed by atoms with Crippen LogP contribution in [0.5, 0.6) is 0 Å². The Balaban J connectivity index is 2.78. The minimum Gasteiger partial charge on any atom is -0.313 e. The van der Waals surface area contributed by atoms with Crippen molar-refractivity contribution in [3.63, 3.8) is 0 Å². The highest BCUT2D eigenvalue weighted by Gasteiger charge is 2.30. The Bertz CT molecular complexity index is 330. The van der Waals surface area contributed by atoms with Gasteiger partial charge in [0.2, 0.25) is 0 Å². The maximum absolute atomic E-state index is 12.4. The molecule has 0 spiro atoms. The molecule has 0 heterocycles. The number of alkyl halides is 3. The van der Waals surface area contributed by atoms with Gasteiger partial charge in [-0.2, -0.15) is 13.2 Å². The average Bonchev–Trinajstić information content (AvgIpc) is 2.29. The summed E-state index contributed by atoms with van der Waals surface area (Å²) in [7, 11) is 1.83. The van der Waals surface area contributed by atoms with Crippen LogP contribution in [0.15, 0.2) is 24.3 Å². The molecule has 1 aromatic rings. The Kier molecular flexibility index (Phi) is 5.00. The lowest BCUT2D eigenvalue weighted by Crippen LogP contribution is -2.16. The second-order valence-corrected chi connectivity index (χ2v) is 4.10. The minimum atomic E-state index is -4.25. The zero-order chi connectivity index (χ0) is 12.9. The third-order valence-corrected chi connectivity index (χ3v) is 2.84. The number of hydrogen-bond donors (Lipinski definition) is 1. The summed E-state index contributed by atoms with van der Waals surface area (Å²) in [6, 6.07) is 5.54. The van der Waals surface area contributed by atoms with Crippen molar-refractivity contribution in [2.24, 2.45) is 0 Å². The van der Waals surface area contributed by atoms with Crippen LogP contribution in [0.4, 0.5) is 13.2 Å². The molecular formula is C13H18F3N. The highest BCUT2D eigenvalue weighted by Crippen LogP contribution is 2.30. The van der Waals surface area contributed by atoms with Gasteiger partial charge in [-0.15, -0.1) is 0 Å². The zero-order valence-electron chi connectivity index (χ0n) is 10.1. The Labute approximate surface area is 100 Å². The van der Waals surface area contributed by atoms with E-state index in [0.29, 0.717) is 0 Å². The van der Waals surface area contributed by atoms with Crippen molar-refractivity contribution in [2.75, 3.05) is 7.05 Å². The van der Waals surface area contributed by atoms with E-state index in [1.807, 2.05) is 7.05 Å². The summed E-state index contributed by atoms with van der Waals surface area (Å²) in [5.41, 5.74) is 0.320. The molecule has 0 aliphatic carbocycles. The molecule has 0 saturated heterocycles. The first-order valence-electron chi connectivity index (χ1n) is 5.83. The number of nitrogens with one attached hydrogen (secondary N) is 1. The molecule has 0 saturated carbocycles. The topological polar surface area (TPSA) is 12.0 Å². The molecule has 1 atom stereocenters. The number of hydrogen-bond acceptors (Lipinski definition) is 1. The van der Waals surface area contributed by atoms with Gasteiger partial charge in [0, 0.05) is 6.04 Å². The van der Waals surface area contributed by atoms with Crippen molar-refractivity contribution in [1.29, 1.82) is 0 Å². The summed E-state index contributed by atoms with van der Waals surface area (Å²) in [6.07, 6.45) is -1.17. The molecule has 0 aromatic heterocycles. The van der Waals surface area contributed by atoms with Crippen molar-refractivity contribution in [3.05, 3.63) is 35.4 Å². The molecule has 0 fully saturated rings. The lowest BCUT2D eigenvalue weighted by molar-refractivity contribution is -0.137. The lowest BCUT2D eigenvalue weighted by Gasteiger charge is -2.17. The molecule has 0 aliphatic rings. The van der Waals surface area contributed by atoms with E-state index in [2.05, 4.69) is 12.2 Å². The number of rotatable bonds is 5. The smallest absolute Gasteiger partial charge is 0.313 e. The van der Waals surface area contributed by atoms with E-state index in [9.17, 15) is 13.2 Å². The molecule has 17 heavy (non-hydrogen) atoms. The Morgan fingerprint density at radius 3 is 2.18 bits per heavy atom. The van der Waals surface area contributed by atoms with Crippen LogP contribution in [0.25, 0.3) is 0 Å². The van der Waals surface area contributed by atoms with Crippen molar-refractivity contribution < 1.29 is 13.2 Å². The molecule has 1 rings (SSSR count). The van der Waals surface area contributed by atoms with Crippen LogP contribution in [0.3, 0.4) is 0 Å². The van der Waals surface area contributed by atoms with Gasteiger partial charge in [-0.25, -0.2) is 0 Å². The number of halogens is 3. The van der Waals surface area contributed by atoms with E-state index < -0.39 is 11.7 Å². The number of benzene rings is 1. The Morgan fingerprint density at radius 2 is 1.76 bits per heavy atom. The zero-order valence-corrected chi connectivity index (χ0v) is 10.1. The third-order valence-electron chi connectivity index (χ3n) is 2.84. The summed E-state index contributed by atoms with van der Waals surface area (Å²) < 4.78 is 37.2. The Hall–Kier alpha value is -1.03. The third kappa shape index (κ3) is 4.04. The van der Waals surface area contributed by atoms with Crippen LogP contribution in [0.1, 0.15) is 43.4 Å². The van der Waals surface area contributed by atoms with E-state index in [0.717, 1.165) is 37.0 Å². The first-order chi connectivity index (χ1) is 7.99. The Morgan fingerprint density at radius 1 is 1.18 bits per heavy atom. The van der Waals surface area contributed by atoms with Gasteiger partial charge >= 0.3 is 6.18 Å². The predicted octanol–water partition coefficient (Wildman–Crippen LogP) is 4.16. The monoisotopic (exact) mass is 245 g/mol. The SMILES string of the molecule is CCCCC(NC)c1ccc(C(F)(F)F)cc1. The highest BCUT2D eigenvalue weighted by atomic mass is 19.4. The largest absolute Gasteiger partial charge is 0.416 e. The lowest BCUT2D eigenvalue weighted by atomic mass is 10.00. The van der Waals surface area contributed by atoms with Crippen LogP contribution in [0, 0.1) is 0 Å².